The summed E-state index contributed by atoms with van der Waals surface area (Å²) in [6, 6.07) is 19.4. The zero-order chi connectivity index (χ0) is 18.5. The van der Waals surface area contributed by atoms with Gasteiger partial charge in [-0.05, 0) is 77.2 Å². The first-order valence-corrected chi connectivity index (χ1v) is 8.84. The number of carbonyl (C=O) groups excluding carboxylic acids is 2. The molecule has 3 rings (SSSR count). The van der Waals surface area contributed by atoms with Gasteiger partial charge in [-0.1, -0.05) is 18.2 Å². The van der Waals surface area contributed by atoms with Crippen molar-refractivity contribution in [2.24, 2.45) is 0 Å². The summed E-state index contributed by atoms with van der Waals surface area (Å²) in [5.41, 5.74) is 1.95. The van der Waals surface area contributed by atoms with Gasteiger partial charge in [-0.2, -0.15) is 0 Å². The molecule has 0 aliphatic carbocycles. The van der Waals surface area contributed by atoms with Crippen molar-refractivity contribution < 1.29 is 14.0 Å². The number of anilines is 2. The van der Waals surface area contributed by atoms with Gasteiger partial charge >= 0.3 is 0 Å². The molecular formula is C20H14FIN2O2. The van der Waals surface area contributed by atoms with Crippen LogP contribution in [0, 0.1) is 9.39 Å². The minimum Gasteiger partial charge on any atom is -0.322 e. The quantitative estimate of drug-likeness (QED) is 0.543. The molecule has 4 nitrogen and oxygen atoms in total. The van der Waals surface area contributed by atoms with Gasteiger partial charge in [-0.3, -0.25) is 9.59 Å². The van der Waals surface area contributed by atoms with Gasteiger partial charge in [0.25, 0.3) is 11.8 Å². The number of hydrogen-bond acceptors (Lipinski definition) is 2. The first-order valence-electron chi connectivity index (χ1n) is 7.76. The van der Waals surface area contributed by atoms with Gasteiger partial charge in [0.2, 0.25) is 0 Å². The van der Waals surface area contributed by atoms with Crippen LogP contribution < -0.4 is 10.6 Å². The Balaban J connectivity index is 1.73. The van der Waals surface area contributed by atoms with E-state index in [1.54, 1.807) is 36.4 Å². The van der Waals surface area contributed by atoms with Gasteiger partial charge in [-0.25, -0.2) is 4.39 Å². The van der Waals surface area contributed by atoms with Crippen molar-refractivity contribution in [2.75, 3.05) is 10.6 Å². The SMILES string of the molecule is O=C(Nc1ccc(F)cc1)c1cccc(NC(=O)c2ccccc2I)c1. The van der Waals surface area contributed by atoms with Crippen molar-refractivity contribution >= 4 is 45.8 Å². The highest BCUT2D eigenvalue weighted by atomic mass is 127. The van der Waals surface area contributed by atoms with Crippen molar-refractivity contribution in [1.82, 2.24) is 0 Å². The topological polar surface area (TPSA) is 58.2 Å². The summed E-state index contributed by atoms with van der Waals surface area (Å²) < 4.78 is 13.8. The zero-order valence-corrected chi connectivity index (χ0v) is 15.7. The maximum Gasteiger partial charge on any atom is 0.256 e. The minimum atomic E-state index is -0.372. The molecule has 0 aliphatic rings. The molecule has 0 aliphatic heterocycles. The number of halogens is 2. The summed E-state index contributed by atoms with van der Waals surface area (Å²) >= 11 is 2.10. The van der Waals surface area contributed by atoms with E-state index in [-0.39, 0.29) is 17.6 Å². The Morgan fingerprint density at radius 3 is 2.19 bits per heavy atom. The lowest BCUT2D eigenvalue weighted by Gasteiger charge is -2.09. The summed E-state index contributed by atoms with van der Waals surface area (Å²) in [6.45, 7) is 0. The molecule has 0 aromatic heterocycles. The third-order valence-electron chi connectivity index (χ3n) is 3.60. The predicted molar refractivity (Wildman–Crippen MR) is 108 cm³/mol. The lowest BCUT2D eigenvalue weighted by atomic mass is 10.1. The molecule has 0 fully saturated rings. The number of benzene rings is 3. The van der Waals surface area contributed by atoms with E-state index in [9.17, 15) is 14.0 Å². The number of amides is 2. The first kappa shape index (κ1) is 18.1. The fourth-order valence-electron chi connectivity index (χ4n) is 2.32. The van der Waals surface area contributed by atoms with Crippen LogP contribution in [0.2, 0.25) is 0 Å². The molecule has 2 amide bonds. The van der Waals surface area contributed by atoms with Gasteiger partial charge < -0.3 is 10.6 Å². The average molecular weight is 460 g/mol. The molecule has 0 radical (unpaired) electrons. The highest BCUT2D eigenvalue weighted by molar-refractivity contribution is 14.1. The Kier molecular flexibility index (Phi) is 5.62. The second-order valence-electron chi connectivity index (χ2n) is 5.48. The number of carbonyl (C=O) groups is 2. The normalized spacial score (nSPS) is 10.2. The largest absolute Gasteiger partial charge is 0.322 e. The van der Waals surface area contributed by atoms with Crippen LogP contribution in [0.4, 0.5) is 15.8 Å². The summed E-state index contributed by atoms with van der Waals surface area (Å²) in [5.74, 6) is -0.962. The van der Waals surface area contributed by atoms with Gasteiger partial charge in [-0.15, -0.1) is 0 Å². The van der Waals surface area contributed by atoms with Crippen LogP contribution in [0.5, 0.6) is 0 Å². The predicted octanol–water partition coefficient (Wildman–Crippen LogP) is 4.93. The molecule has 6 heteroatoms. The van der Waals surface area contributed by atoms with Crippen LogP contribution in [-0.2, 0) is 0 Å². The Labute approximate surface area is 163 Å². The molecule has 0 heterocycles. The van der Waals surface area contributed by atoms with E-state index >= 15 is 0 Å². The highest BCUT2D eigenvalue weighted by Crippen LogP contribution is 2.17. The summed E-state index contributed by atoms with van der Waals surface area (Å²) in [4.78, 5) is 24.7. The van der Waals surface area contributed by atoms with Crippen molar-refractivity contribution in [3.8, 4) is 0 Å². The summed E-state index contributed by atoms with van der Waals surface area (Å²) in [5, 5.41) is 5.48. The zero-order valence-electron chi connectivity index (χ0n) is 13.5. The lowest BCUT2D eigenvalue weighted by Crippen LogP contribution is -2.15. The molecular weight excluding hydrogens is 446 g/mol. The minimum absolute atomic E-state index is 0.244. The smallest absolute Gasteiger partial charge is 0.256 e. The third kappa shape index (κ3) is 4.45. The highest BCUT2D eigenvalue weighted by Gasteiger charge is 2.11. The van der Waals surface area contributed by atoms with Crippen LogP contribution in [0.1, 0.15) is 20.7 Å². The second kappa shape index (κ2) is 8.09. The molecule has 130 valence electrons. The van der Waals surface area contributed by atoms with Crippen LogP contribution >= 0.6 is 22.6 Å². The fourth-order valence-corrected chi connectivity index (χ4v) is 2.95. The molecule has 3 aromatic rings. The molecule has 0 unspecified atom stereocenters. The first-order chi connectivity index (χ1) is 12.5. The lowest BCUT2D eigenvalue weighted by molar-refractivity contribution is 0.101. The van der Waals surface area contributed by atoms with Crippen molar-refractivity contribution in [2.45, 2.75) is 0 Å². The van der Waals surface area contributed by atoms with Gasteiger partial charge in [0.15, 0.2) is 0 Å². The second-order valence-corrected chi connectivity index (χ2v) is 6.64. The molecule has 2 N–H and O–H groups in total. The van der Waals surface area contributed by atoms with Crippen molar-refractivity contribution in [1.29, 1.82) is 0 Å². The molecule has 0 bridgehead atoms. The molecule has 0 atom stereocenters. The van der Waals surface area contributed by atoms with Gasteiger partial charge in [0.1, 0.15) is 5.82 Å². The van der Waals surface area contributed by atoms with E-state index < -0.39 is 0 Å². The van der Waals surface area contributed by atoms with Crippen molar-refractivity contribution in [3.63, 3.8) is 0 Å². The maximum absolute atomic E-state index is 12.9. The van der Waals surface area contributed by atoms with E-state index in [1.165, 1.54) is 24.3 Å². The van der Waals surface area contributed by atoms with E-state index in [0.29, 0.717) is 22.5 Å². The van der Waals surface area contributed by atoms with Crippen molar-refractivity contribution in [3.05, 3.63) is 93.3 Å². The Morgan fingerprint density at radius 1 is 0.769 bits per heavy atom. The number of rotatable bonds is 4. The van der Waals surface area contributed by atoms with E-state index in [4.69, 9.17) is 0 Å². The fraction of sp³-hybridized carbons (Fsp3) is 0. The number of hydrogen-bond donors (Lipinski definition) is 2. The molecule has 0 saturated heterocycles. The Bertz CT molecular complexity index is 958. The third-order valence-corrected chi connectivity index (χ3v) is 4.54. The Morgan fingerprint density at radius 2 is 1.46 bits per heavy atom. The van der Waals surface area contributed by atoms with Gasteiger partial charge in [0.05, 0.1) is 5.56 Å². The molecule has 0 spiro atoms. The molecule has 0 saturated carbocycles. The van der Waals surface area contributed by atoms with E-state index in [0.717, 1.165) is 3.57 Å². The van der Waals surface area contributed by atoms with E-state index in [2.05, 4.69) is 33.2 Å². The Hall–Kier alpha value is -2.74. The average Bonchev–Trinajstić information content (AvgIpc) is 2.64. The standard InChI is InChI=1S/C20H14FIN2O2/c21-14-8-10-15(11-9-14)23-19(25)13-4-3-5-16(12-13)24-20(26)17-6-1-2-7-18(17)22/h1-12H,(H,23,25)(H,24,26). The van der Waals surface area contributed by atoms with Gasteiger partial charge in [0, 0.05) is 20.5 Å². The van der Waals surface area contributed by atoms with Crippen LogP contribution in [0.25, 0.3) is 0 Å². The summed E-state index contributed by atoms with van der Waals surface area (Å²) in [6.07, 6.45) is 0. The molecule has 26 heavy (non-hydrogen) atoms. The number of nitrogens with one attached hydrogen (secondary N) is 2. The van der Waals surface area contributed by atoms with Crippen LogP contribution in [0.15, 0.2) is 72.8 Å². The molecule has 3 aromatic carbocycles. The monoisotopic (exact) mass is 460 g/mol. The van der Waals surface area contributed by atoms with Crippen LogP contribution in [0.3, 0.4) is 0 Å². The van der Waals surface area contributed by atoms with Crippen LogP contribution in [-0.4, -0.2) is 11.8 Å². The van der Waals surface area contributed by atoms with E-state index in [1.807, 2.05) is 12.1 Å². The summed E-state index contributed by atoms with van der Waals surface area (Å²) in [7, 11) is 0. The maximum atomic E-state index is 12.9.